The summed E-state index contributed by atoms with van der Waals surface area (Å²) in [6.07, 6.45) is 0.414. The van der Waals surface area contributed by atoms with Crippen molar-refractivity contribution in [1.82, 2.24) is 0 Å². The molecule has 0 aromatic heterocycles. The van der Waals surface area contributed by atoms with E-state index in [0.29, 0.717) is 12.7 Å². The molecule has 21 heavy (non-hydrogen) atoms. The molecular formula is C17H28O3Si. The second kappa shape index (κ2) is 6.11. The van der Waals surface area contributed by atoms with E-state index in [9.17, 15) is 0 Å². The predicted octanol–water partition coefficient (Wildman–Crippen LogP) is 4.55. The van der Waals surface area contributed by atoms with E-state index in [-0.39, 0.29) is 11.1 Å². The number of rotatable bonds is 6. The molecule has 1 fully saturated rings. The van der Waals surface area contributed by atoms with Gasteiger partial charge >= 0.3 is 0 Å². The van der Waals surface area contributed by atoms with Crippen molar-refractivity contribution in [2.24, 2.45) is 0 Å². The highest BCUT2D eigenvalue weighted by Crippen LogP contribution is 2.39. The van der Waals surface area contributed by atoms with Gasteiger partial charge in [0.15, 0.2) is 8.32 Å². The van der Waals surface area contributed by atoms with E-state index in [1.165, 1.54) is 5.56 Å². The van der Waals surface area contributed by atoms with Crippen LogP contribution in [0.4, 0.5) is 0 Å². The Morgan fingerprint density at radius 1 is 1.24 bits per heavy atom. The van der Waals surface area contributed by atoms with Crippen LogP contribution in [-0.2, 0) is 9.16 Å². The average molecular weight is 308 g/mol. The Morgan fingerprint density at radius 2 is 1.81 bits per heavy atom. The van der Waals surface area contributed by atoms with Crippen molar-refractivity contribution >= 4 is 8.32 Å². The van der Waals surface area contributed by atoms with Crippen LogP contribution in [0.25, 0.3) is 0 Å². The van der Waals surface area contributed by atoms with Crippen LogP contribution in [-0.4, -0.2) is 27.6 Å². The molecule has 0 saturated carbocycles. The van der Waals surface area contributed by atoms with Gasteiger partial charge in [-0.3, -0.25) is 0 Å². The van der Waals surface area contributed by atoms with E-state index in [1.807, 2.05) is 12.1 Å². The van der Waals surface area contributed by atoms with Crippen LogP contribution < -0.4 is 4.74 Å². The van der Waals surface area contributed by atoms with Crippen LogP contribution in [0.1, 0.15) is 39.4 Å². The minimum Gasteiger partial charge on any atom is -0.491 e. The Hall–Kier alpha value is -0.843. The topological polar surface area (TPSA) is 31.0 Å². The molecular weight excluding hydrogens is 280 g/mol. The van der Waals surface area contributed by atoms with Crippen molar-refractivity contribution in [2.45, 2.75) is 58.0 Å². The third-order valence-electron chi connectivity index (χ3n) is 4.47. The first-order chi connectivity index (χ1) is 9.69. The molecule has 0 aliphatic carbocycles. The molecule has 1 aliphatic rings. The molecule has 0 N–H and O–H groups in total. The van der Waals surface area contributed by atoms with E-state index in [1.54, 1.807) is 0 Å². The van der Waals surface area contributed by atoms with Gasteiger partial charge in [0.25, 0.3) is 0 Å². The standard InChI is InChI=1S/C17H28O3Si/c1-13(20-21(5,6)17(2,3)4)14-7-9-15(10-8-14)18-11-16-12-19-16/h7-10,13,16H,11-12H2,1-6H3/t13-,16?/m1/s1. The quantitative estimate of drug-likeness (QED) is 0.571. The van der Waals surface area contributed by atoms with Gasteiger partial charge in [0.2, 0.25) is 0 Å². The maximum atomic E-state index is 6.41. The molecule has 0 amide bonds. The lowest BCUT2D eigenvalue weighted by Gasteiger charge is -2.38. The molecule has 3 nitrogen and oxygen atoms in total. The molecule has 0 radical (unpaired) electrons. The molecule has 1 unspecified atom stereocenters. The van der Waals surface area contributed by atoms with Gasteiger partial charge in [-0.1, -0.05) is 32.9 Å². The zero-order valence-corrected chi connectivity index (χ0v) is 15.1. The van der Waals surface area contributed by atoms with Gasteiger partial charge in [-0.25, -0.2) is 0 Å². The second-order valence-electron chi connectivity index (χ2n) is 7.36. The highest BCUT2D eigenvalue weighted by atomic mass is 28.4. The molecule has 2 atom stereocenters. The maximum Gasteiger partial charge on any atom is 0.192 e. The zero-order chi connectivity index (χ0) is 15.7. The fourth-order valence-corrected chi connectivity index (χ4v) is 3.25. The summed E-state index contributed by atoms with van der Waals surface area (Å²) in [5, 5.41) is 0.231. The minimum atomic E-state index is -1.73. The molecule has 4 heteroatoms. The molecule has 0 spiro atoms. The number of benzene rings is 1. The number of hydrogen-bond acceptors (Lipinski definition) is 3. The van der Waals surface area contributed by atoms with Gasteiger partial charge in [0.1, 0.15) is 18.5 Å². The molecule has 0 bridgehead atoms. The summed E-state index contributed by atoms with van der Waals surface area (Å²) < 4.78 is 17.2. The Balaban J connectivity index is 1.94. The summed E-state index contributed by atoms with van der Waals surface area (Å²) in [6.45, 7) is 15.0. The van der Waals surface area contributed by atoms with Crippen molar-refractivity contribution in [3.8, 4) is 5.75 Å². The number of ether oxygens (including phenoxy) is 2. The van der Waals surface area contributed by atoms with E-state index in [0.717, 1.165) is 12.4 Å². The minimum absolute atomic E-state index is 0.117. The molecule has 118 valence electrons. The highest BCUT2D eigenvalue weighted by Gasteiger charge is 2.38. The fraction of sp³-hybridized carbons (Fsp3) is 0.647. The smallest absolute Gasteiger partial charge is 0.192 e. The van der Waals surface area contributed by atoms with Gasteiger partial charge < -0.3 is 13.9 Å². The van der Waals surface area contributed by atoms with Gasteiger partial charge in [-0.2, -0.15) is 0 Å². The average Bonchev–Trinajstić information content (AvgIpc) is 3.19. The summed E-state index contributed by atoms with van der Waals surface area (Å²) in [6, 6.07) is 8.23. The zero-order valence-electron chi connectivity index (χ0n) is 14.1. The Kier molecular flexibility index (Phi) is 4.81. The van der Waals surface area contributed by atoms with E-state index in [4.69, 9.17) is 13.9 Å². The van der Waals surface area contributed by atoms with Crippen LogP contribution in [0.2, 0.25) is 18.1 Å². The Labute approximate surface area is 129 Å². The molecule has 1 aromatic rings. The van der Waals surface area contributed by atoms with Crippen molar-refractivity contribution in [3.05, 3.63) is 29.8 Å². The lowest BCUT2D eigenvalue weighted by atomic mass is 10.1. The van der Waals surface area contributed by atoms with E-state index in [2.05, 4.69) is 52.9 Å². The molecule has 2 rings (SSSR count). The third kappa shape index (κ3) is 4.56. The SMILES string of the molecule is C[C@@H](O[Si](C)(C)C(C)(C)C)c1ccc(OCC2CO2)cc1. The van der Waals surface area contributed by atoms with Gasteiger partial charge in [0.05, 0.1) is 12.7 Å². The molecule has 1 aliphatic heterocycles. The fourth-order valence-electron chi connectivity index (χ4n) is 1.88. The summed E-state index contributed by atoms with van der Waals surface area (Å²) in [5.74, 6) is 0.897. The number of epoxide rings is 1. The van der Waals surface area contributed by atoms with Crippen molar-refractivity contribution in [2.75, 3.05) is 13.2 Å². The summed E-state index contributed by atoms with van der Waals surface area (Å²) in [7, 11) is -1.73. The lowest BCUT2D eigenvalue weighted by Crippen LogP contribution is -2.41. The largest absolute Gasteiger partial charge is 0.491 e. The predicted molar refractivity (Wildman–Crippen MR) is 88.4 cm³/mol. The maximum absolute atomic E-state index is 6.41. The molecule has 1 saturated heterocycles. The summed E-state index contributed by atoms with van der Waals surface area (Å²) in [4.78, 5) is 0. The van der Waals surface area contributed by atoms with Crippen molar-refractivity contribution in [3.63, 3.8) is 0 Å². The number of hydrogen-bond donors (Lipinski definition) is 0. The van der Waals surface area contributed by atoms with Crippen LogP contribution in [0.5, 0.6) is 5.75 Å². The van der Waals surface area contributed by atoms with Crippen LogP contribution in [0.3, 0.4) is 0 Å². The Morgan fingerprint density at radius 3 is 2.29 bits per heavy atom. The van der Waals surface area contributed by atoms with Crippen LogP contribution in [0.15, 0.2) is 24.3 Å². The van der Waals surface area contributed by atoms with Crippen molar-refractivity contribution < 1.29 is 13.9 Å². The summed E-state index contributed by atoms with van der Waals surface area (Å²) >= 11 is 0. The lowest BCUT2D eigenvalue weighted by molar-refractivity contribution is 0.202. The van der Waals surface area contributed by atoms with Crippen LogP contribution in [0, 0.1) is 0 Å². The normalized spacial score (nSPS) is 20.2. The van der Waals surface area contributed by atoms with Gasteiger partial charge in [-0.05, 0) is 42.8 Å². The highest BCUT2D eigenvalue weighted by molar-refractivity contribution is 6.74. The first-order valence-electron chi connectivity index (χ1n) is 7.71. The molecule has 1 aromatic carbocycles. The van der Waals surface area contributed by atoms with E-state index >= 15 is 0 Å². The van der Waals surface area contributed by atoms with Crippen LogP contribution >= 0.6 is 0 Å². The van der Waals surface area contributed by atoms with Gasteiger partial charge in [0, 0.05) is 0 Å². The Bertz CT molecular complexity index is 458. The third-order valence-corrected chi connectivity index (χ3v) is 9.02. The van der Waals surface area contributed by atoms with Crippen molar-refractivity contribution in [1.29, 1.82) is 0 Å². The first-order valence-corrected chi connectivity index (χ1v) is 10.6. The van der Waals surface area contributed by atoms with Gasteiger partial charge in [-0.15, -0.1) is 0 Å². The van der Waals surface area contributed by atoms with E-state index < -0.39 is 8.32 Å². The monoisotopic (exact) mass is 308 g/mol. The summed E-state index contributed by atoms with van der Waals surface area (Å²) in [5.41, 5.74) is 1.20. The molecule has 1 heterocycles. The second-order valence-corrected chi connectivity index (χ2v) is 12.1. The first kappa shape index (κ1) is 16.5.